The molecule has 0 fully saturated rings. The predicted molar refractivity (Wildman–Crippen MR) is 47.3 cm³/mol. The minimum atomic E-state index is 0.163. The Labute approximate surface area is 96.3 Å². The summed E-state index contributed by atoms with van der Waals surface area (Å²) in [6, 6.07) is 7.92. The van der Waals surface area contributed by atoms with Crippen LogP contribution in [0.25, 0.3) is 0 Å². The van der Waals surface area contributed by atoms with Crippen molar-refractivity contribution >= 4 is 49.0 Å². The molecule has 1 aromatic rings. The summed E-state index contributed by atoms with van der Waals surface area (Å²) in [6.45, 7) is 1.61. The Morgan fingerprint density at radius 2 is 2.27 bits per heavy atom. The van der Waals surface area contributed by atoms with E-state index in [1.807, 2.05) is 18.2 Å². The van der Waals surface area contributed by atoms with Gasteiger partial charge in [-0.05, 0) is 0 Å². The Kier molecular flexibility index (Phi) is 3.79. The van der Waals surface area contributed by atoms with Gasteiger partial charge in [-0.15, -0.1) is 0 Å². The van der Waals surface area contributed by atoms with Crippen LogP contribution in [0.5, 0.6) is 0 Å². The number of ketones is 1. The van der Waals surface area contributed by atoms with E-state index in [1.54, 1.807) is 6.92 Å². The van der Waals surface area contributed by atoms with Crippen LogP contribution in [-0.4, -0.2) is 49.0 Å². The van der Waals surface area contributed by atoms with E-state index < -0.39 is 0 Å². The van der Waals surface area contributed by atoms with E-state index in [-0.39, 0.29) is 5.78 Å². The third-order valence-electron chi connectivity index (χ3n) is 1.74. The van der Waals surface area contributed by atoms with Crippen LogP contribution in [0.15, 0.2) is 24.3 Å². The number of Topliss-reactive ketones (excluding diaryl/α,β-unsaturated/α-hetero) is 1. The molecule has 0 aliphatic rings. The molecule has 1 aromatic carbocycles. The van der Waals surface area contributed by atoms with E-state index in [4.69, 9.17) is 0 Å². The van der Waals surface area contributed by atoms with Gasteiger partial charge in [0, 0.05) is 0 Å². The average molecular weight is 222 g/mol. The summed E-state index contributed by atoms with van der Waals surface area (Å²) in [6.07, 6.45) is 0. The van der Waals surface area contributed by atoms with Crippen LogP contribution in [0.2, 0.25) is 0 Å². The SMILES string of the molecule is CC(=O)c1cccc([CH2][SrH])c1. The second-order valence-corrected chi connectivity index (χ2v) is 4.35. The first-order chi connectivity index (χ1) is 5.24. The van der Waals surface area contributed by atoms with Crippen molar-refractivity contribution in [2.75, 3.05) is 0 Å². The second kappa shape index (κ2) is 4.41. The Hall–Kier alpha value is 0.371. The molecule has 0 spiro atoms. The van der Waals surface area contributed by atoms with E-state index >= 15 is 0 Å². The van der Waals surface area contributed by atoms with E-state index in [2.05, 4.69) is 6.07 Å². The van der Waals surface area contributed by atoms with Gasteiger partial charge in [0.05, 0.1) is 0 Å². The third-order valence-corrected chi connectivity index (χ3v) is 3.75. The van der Waals surface area contributed by atoms with Gasteiger partial charge in [0.25, 0.3) is 0 Å². The van der Waals surface area contributed by atoms with Crippen molar-refractivity contribution in [1.29, 1.82) is 0 Å². The summed E-state index contributed by atoms with van der Waals surface area (Å²) in [5, 5.41) is 0. The van der Waals surface area contributed by atoms with Crippen LogP contribution in [0.3, 0.4) is 0 Å². The molecule has 11 heavy (non-hydrogen) atoms. The van der Waals surface area contributed by atoms with Gasteiger partial charge in [0.1, 0.15) is 0 Å². The Morgan fingerprint density at radius 1 is 1.55 bits per heavy atom. The molecular weight excluding hydrogens is 212 g/mol. The first-order valence-corrected chi connectivity index (χ1v) is 7.31. The summed E-state index contributed by atoms with van der Waals surface area (Å²) in [4.78, 5) is 10.9. The molecule has 54 valence electrons. The molecule has 0 saturated carbocycles. The van der Waals surface area contributed by atoms with E-state index in [0.29, 0.717) is 43.3 Å². The summed E-state index contributed by atoms with van der Waals surface area (Å²) in [5.41, 5.74) is 2.16. The van der Waals surface area contributed by atoms with Crippen molar-refractivity contribution in [3.05, 3.63) is 35.4 Å². The molecule has 0 saturated heterocycles. The normalized spacial score (nSPS) is 9.45. The summed E-state index contributed by atoms with van der Waals surface area (Å²) in [5.74, 6) is 0.163. The second-order valence-electron chi connectivity index (χ2n) is 2.61. The Balaban J connectivity index is 3.01. The first kappa shape index (κ1) is 9.46. The molecule has 0 N–H and O–H groups in total. The summed E-state index contributed by atoms with van der Waals surface area (Å²) >= 11 is 0.686. The third kappa shape index (κ3) is 2.71. The molecule has 2 heteroatoms. The quantitative estimate of drug-likeness (QED) is 0.544. The molecule has 0 aliphatic heterocycles. The molecule has 0 bridgehead atoms. The van der Waals surface area contributed by atoms with Crippen molar-refractivity contribution in [2.24, 2.45) is 0 Å². The fraction of sp³-hybridized carbons (Fsp3) is 0.222. The van der Waals surface area contributed by atoms with E-state index in [0.717, 1.165) is 5.56 Å². The van der Waals surface area contributed by atoms with Crippen molar-refractivity contribution < 1.29 is 4.79 Å². The van der Waals surface area contributed by atoms with Gasteiger partial charge >= 0.3 is 97.5 Å². The molecular formula is C9H10OSr. The van der Waals surface area contributed by atoms with E-state index in [9.17, 15) is 4.79 Å². The number of carbonyl (C=O) groups is 1. The van der Waals surface area contributed by atoms with Gasteiger partial charge in [0.2, 0.25) is 0 Å². The van der Waals surface area contributed by atoms with Crippen LogP contribution in [0.1, 0.15) is 22.8 Å². The van der Waals surface area contributed by atoms with Crippen molar-refractivity contribution in [3.8, 4) is 0 Å². The zero-order chi connectivity index (χ0) is 8.27. The van der Waals surface area contributed by atoms with Crippen molar-refractivity contribution in [1.82, 2.24) is 0 Å². The molecule has 0 aromatic heterocycles. The number of rotatable bonds is 2. The predicted octanol–water partition coefficient (Wildman–Crippen LogP) is 1.29. The Morgan fingerprint density at radius 3 is 2.82 bits per heavy atom. The fourth-order valence-electron chi connectivity index (χ4n) is 1.01. The van der Waals surface area contributed by atoms with Gasteiger partial charge in [-0.2, -0.15) is 0 Å². The van der Waals surface area contributed by atoms with Gasteiger partial charge in [-0.1, -0.05) is 0 Å². The summed E-state index contributed by atoms with van der Waals surface area (Å²) < 4.78 is 1.20. The van der Waals surface area contributed by atoms with Gasteiger partial charge in [-0.25, -0.2) is 0 Å². The maximum atomic E-state index is 10.9. The molecule has 0 radical (unpaired) electrons. The molecule has 1 nitrogen and oxygen atoms in total. The monoisotopic (exact) mass is 222 g/mol. The zero-order valence-electron chi connectivity index (χ0n) is 6.92. The molecule has 0 unspecified atom stereocenters. The van der Waals surface area contributed by atoms with Crippen molar-refractivity contribution in [2.45, 2.75) is 8.32 Å². The summed E-state index contributed by atoms with van der Waals surface area (Å²) in [7, 11) is 0. The topological polar surface area (TPSA) is 17.1 Å². The van der Waals surface area contributed by atoms with Crippen molar-refractivity contribution in [3.63, 3.8) is 0 Å². The average Bonchev–Trinajstić information content (AvgIpc) is 2.05. The van der Waals surface area contributed by atoms with Gasteiger partial charge in [-0.3, -0.25) is 0 Å². The molecule has 0 amide bonds. The number of hydrogen-bond acceptors (Lipinski definition) is 1. The standard InChI is InChI=1S/C9H9O.Sr.H/c1-7-4-3-5-9(6-7)8(2)10;;/h3-6H,1H2,2H3;;. The molecule has 1 rings (SSSR count). The fourth-order valence-corrected chi connectivity index (χ4v) is 2.09. The Bertz CT molecular complexity index is 268. The van der Waals surface area contributed by atoms with Crippen LogP contribution in [0.4, 0.5) is 0 Å². The van der Waals surface area contributed by atoms with Gasteiger partial charge in [0.15, 0.2) is 0 Å². The van der Waals surface area contributed by atoms with E-state index in [1.165, 1.54) is 6.96 Å². The van der Waals surface area contributed by atoms with Gasteiger partial charge < -0.3 is 0 Å². The maximum absolute atomic E-state index is 10.9. The first-order valence-electron chi connectivity index (χ1n) is 3.84. The zero-order valence-corrected chi connectivity index (χ0v) is 11.8. The molecule has 0 aliphatic carbocycles. The van der Waals surface area contributed by atoms with Crippen LogP contribution in [-0.2, 0) is 1.39 Å². The van der Waals surface area contributed by atoms with Crippen LogP contribution >= 0.6 is 0 Å². The number of hydrogen-bond donors (Lipinski definition) is 0. The molecule has 0 atom stereocenters. The minimum absolute atomic E-state index is 0.163. The van der Waals surface area contributed by atoms with Crippen LogP contribution in [0, 0.1) is 0 Å². The number of carbonyl (C=O) groups excluding carboxylic acids is 1. The number of benzene rings is 1. The molecule has 0 heterocycles. The van der Waals surface area contributed by atoms with Crippen LogP contribution < -0.4 is 0 Å².